The van der Waals surface area contributed by atoms with E-state index in [9.17, 15) is 18.0 Å². The number of carbonyl (C=O) groups is 1. The van der Waals surface area contributed by atoms with E-state index in [1.165, 1.54) is 25.4 Å². The first kappa shape index (κ1) is 28.2. The number of hydrogen-bond acceptors (Lipinski definition) is 4. The number of nitrogen functional groups attached to an aromatic ring is 1. The summed E-state index contributed by atoms with van der Waals surface area (Å²) in [6.45, 7) is 3.04. The lowest BCUT2D eigenvalue weighted by molar-refractivity contribution is -0.138. The smallest absolute Gasteiger partial charge is 0.399 e. The molecule has 4 aromatic rings. The Bertz CT molecular complexity index is 1430. The van der Waals surface area contributed by atoms with E-state index in [-0.39, 0.29) is 17.6 Å². The van der Waals surface area contributed by atoms with E-state index < -0.39 is 17.8 Å². The SMILES string of the molecule is Cc1ccc(C(c2cnc[nH]2)N2CCC(N(Cc3ccc(N)cc3)C(=O)Nc3ccccc3)CC2)cc1C(F)(F)F. The van der Waals surface area contributed by atoms with Crippen LogP contribution in [0.15, 0.2) is 85.3 Å². The summed E-state index contributed by atoms with van der Waals surface area (Å²) in [5.74, 6) is 0. The molecule has 1 aliphatic heterocycles. The van der Waals surface area contributed by atoms with Gasteiger partial charge in [-0.3, -0.25) is 4.90 Å². The van der Waals surface area contributed by atoms with E-state index >= 15 is 0 Å². The van der Waals surface area contributed by atoms with Crippen LogP contribution in [0, 0.1) is 6.92 Å². The molecule has 41 heavy (non-hydrogen) atoms. The van der Waals surface area contributed by atoms with Gasteiger partial charge in [-0.1, -0.05) is 42.5 Å². The van der Waals surface area contributed by atoms with Crippen molar-refractivity contribution in [3.8, 4) is 0 Å². The number of amides is 2. The molecule has 0 aliphatic carbocycles. The van der Waals surface area contributed by atoms with Crippen LogP contribution in [0.5, 0.6) is 0 Å². The standard InChI is InChI=1S/C31H33F3N6O/c1-21-7-10-23(17-27(21)31(32,33)34)29(28-18-36-20-37-28)39-15-13-26(14-16-39)40(19-22-8-11-24(35)12-9-22)30(41)38-25-5-3-2-4-6-25/h2-12,17-18,20,26,29H,13-16,19,35H2,1H3,(H,36,37)(H,38,41). The molecule has 2 amide bonds. The maximum absolute atomic E-state index is 13.8. The molecule has 4 N–H and O–H groups in total. The minimum absolute atomic E-state index is 0.0707. The molecule has 1 unspecified atom stereocenters. The summed E-state index contributed by atoms with van der Waals surface area (Å²) in [4.78, 5) is 24.8. The zero-order valence-corrected chi connectivity index (χ0v) is 22.7. The second-order valence-corrected chi connectivity index (χ2v) is 10.4. The number of anilines is 2. The fourth-order valence-electron chi connectivity index (χ4n) is 5.48. The third-order valence-corrected chi connectivity index (χ3v) is 7.62. The number of urea groups is 1. The Morgan fingerprint density at radius 1 is 1.10 bits per heavy atom. The Kier molecular flexibility index (Phi) is 8.30. The van der Waals surface area contributed by atoms with E-state index in [1.54, 1.807) is 12.3 Å². The fourth-order valence-corrected chi connectivity index (χ4v) is 5.48. The van der Waals surface area contributed by atoms with E-state index in [0.717, 1.165) is 11.3 Å². The molecule has 1 aromatic heterocycles. The second kappa shape index (κ2) is 12.1. The number of benzene rings is 3. The van der Waals surface area contributed by atoms with Crippen molar-refractivity contribution in [1.82, 2.24) is 19.8 Å². The minimum atomic E-state index is -4.44. The number of H-pyrrole nitrogens is 1. The largest absolute Gasteiger partial charge is 0.416 e. The van der Waals surface area contributed by atoms with Crippen molar-refractivity contribution in [3.63, 3.8) is 0 Å². The minimum Gasteiger partial charge on any atom is -0.399 e. The number of aromatic amines is 1. The summed E-state index contributed by atoms with van der Waals surface area (Å²) in [7, 11) is 0. The number of halogens is 3. The topological polar surface area (TPSA) is 90.3 Å². The lowest BCUT2D eigenvalue weighted by atomic mass is 9.94. The normalized spacial score (nSPS) is 15.4. The van der Waals surface area contributed by atoms with Crippen molar-refractivity contribution < 1.29 is 18.0 Å². The first-order valence-electron chi connectivity index (χ1n) is 13.6. The average Bonchev–Trinajstić information content (AvgIpc) is 3.48. The predicted octanol–water partition coefficient (Wildman–Crippen LogP) is 6.61. The number of likely N-dealkylation sites (tertiary alicyclic amines) is 1. The highest BCUT2D eigenvalue weighted by atomic mass is 19.4. The predicted molar refractivity (Wildman–Crippen MR) is 153 cm³/mol. The summed E-state index contributed by atoms with van der Waals surface area (Å²) in [6, 6.07) is 20.6. The number of rotatable bonds is 7. The van der Waals surface area contributed by atoms with Gasteiger partial charge in [-0.15, -0.1) is 0 Å². The average molecular weight is 563 g/mol. The number of carbonyl (C=O) groups excluding carboxylic acids is 1. The van der Waals surface area contributed by atoms with Gasteiger partial charge in [0.2, 0.25) is 0 Å². The Hall–Kier alpha value is -4.31. The summed E-state index contributed by atoms with van der Waals surface area (Å²) >= 11 is 0. The number of hydrogen-bond donors (Lipinski definition) is 3. The number of para-hydroxylation sites is 1. The molecule has 7 nitrogen and oxygen atoms in total. The highest BCUT2D eigenvalue weighted by Gasteiger charge is 2.36. The Labute approximate surface area is 237 Å². The van der Waals surface area contributed by atoms with Gasteiger partial charge in [0.1, 0.15) is 0 Å². The van der Waals surface area contributed by atoms with Crippen LogP contribution >= 0.6 is 0 Å². The molecular weight excluding hydrogens is 529 g/mol. The number of aromatic nitrogens is 2. The van der Waals surface area contributed by atoms with Gasteiger partial charge in [-0.25, -0.2) is 9.78 Å². The molecule has 1 fully saturated rings. The summed E-state index contributed by atoms with van der Waals surface area (Å²) < 4.78 is 41.3. The molecule has 1 saturated heterocycles. The van der Waals surface area contributed by atoms with Crippen LogP contribution in [-0.4, -0.2) is 44.9 Å². The van der Waals surface area contributed by atoms with Gasteiger partial charge in [0.25, 0.3) is 0 Å². The van der Waals surface area contributed by atoms with Crippen molar-refractivity contribution in [2.24, 2.45) is 0 Å². The van der Waals surface area contributed by atoms with Crippen LogP contribution in [0.3, 0.4) is 0 Å². The Morgan fingerprint density at radius 3 is 2.44 bits per heavy atom. The summed E-state index contributed by atoms with van der Waals surface area (Å²) in [5, 5.41) is 3.01. The monoisotopic (exact) mass is 562 g/mol. The van der Waals surface area contributed by atoms with Gasteiger partial charge in [-0.05, 0) is 66.8 Å². The molecule has 0 spiro atoms. The van der Waals surface area contributed by atoms with Crippen LogP contribution in [0.25, 0.3) is 0 Å². The van der Waals surface area contributed by atoms with E-state index in [0.29, 0.717) is 49.4 Å². The Balaban J connectivity index is 1.37. The van der Waals surface area contributed by atoms with Gasteiger partial charge < -0.3 is 20.9 Å². The first-order valence-corrected chi connectivity index (χ1v) is 13.6. The first-order chi connectivity index (χ1) is 19.7. The molecule has 0 saturated carbocycles. The Morgan fingerprint density at radius 2 is 1.80 bits per heavy atom. The van der Waals surface area contributed by atoms with Crippen molar-refractivity contribution >= 4 is 17.4 Å². The number of nitrogens with zero attached hydrogens (tertiary/aromatic N) is 3. The van der Waals surface area contributed by atoms with Crippen LogP contribution < -0.4 is 11.1 Å². The number of alkyl halides is 3. The number of imidazole rings is 1. The highest BCUT2D eigenvalue weighted by Crippen LogP contribution is 2.37. The molecule has 3 aromatic carbocycles. The fraction of sp³-hybridized carbons (Fsp3) is 0.290. The lowest BCUT2D eigenvalue weighted by Crippen LogP contribution is -2.49. The van der Waals surface area contributed by atoms with Crippen LogP contribution in [0.2, 0.25) is 0 Å². The lowest BCUT2D eigenvalue weighted by Gasteiger charge is -2.41. The van der Waals surface area contributed by atoms with Gasteiger partial charge in [0.05, 0.1) is 23.6 Å². The number of nitrogens with one attached hydrogen (secondary N) is 2. The van der Waals surface area contributed by atoms with Gasteiger partial charge >= 0.3 is 12.2 Å². The molecule has 10 heteroatoms. The molecule has 1 aliphatic rings. The number of piperidine rings is 1. The number of nitrogens with two attached hydrogens (primary N) is 1. The zero-order chi connectivity index (χ0) is 29.0. The van der Waals surface area contributed by atoms with E-state index in [1.807, 2.05) is 59.5 Å². The van der Waals surface area contributed by atoms with Crippen molar-refractivity contribution in [3.05, 3.63) is 113 Å². The number of aryl methyl sites for hydroxylation is 1. The van der Waals surface area contributed by atoms with Crippen molar-refractivity contribution in [1.29, 1.82) is 0 Å². The molecule has 0 bridgehead atoms. The molecule has 0 radical (unpaired) electrons. The van der Waals surface area contributed by atoms with Crippen LogP contribution in [0.4, 0.5) is 29.3 Å². The molecule has 214 valence electrons. The maximum atomic E-state index is 13.8. The van der Waals surface area contributed by atoms with Crippen molar-refractivity contribution in [2.75, 3.05) is 24.1 Å². The molecule has 1 atom stereocenters. The third-order valence-electron chi connectivity index (χ3n) is 7.62. The summed E-state index contributed by atoms with van der Waals surface area (Å²) in [6.07, 6.45) is 0.0563. The third kappa shape index (κ3) is 6.71. The maximum Gasteiger partial charge on any atom is 0.416 e. The van der Waals surface area contributed by atoms with Gasteiger partial charge in [-0.2, -0.15) is 13.2 Å². The molecule has 2 heterocycles. The van der Waals surface area contributed by atoms with E-state index in [4.69, 9.17) is 5.73 Å². The van der Waals surface area contributed by atoms with E-state index in [2.05, 4.69) is 20.2 Å². The van der Waals surface area contributed by atoms with Gasteiger partial charge in [0.15, 0.2) is 0 Å². The van der Waals surface area contributed by atoms with Crippen LogP contribution in [-0.2, 0) is 12.7 Å². The van der Waals surface area contributed by atoms with Crippen molar-refractivity contribution in [2.45, 2.75) is 44.6 Å². The van der Waals surface area contributed by atoms with Gasteiger partial charge in [0, 0.05) is 43.2 Å². The summed E-state index contributed by atoms with van der Waals surface area (Å²) in [5.41, 5.74) is 9.00. The zero-order valence-electron chi connectivity index (χ0n) is 22.7. The van der Waals surface area contributed by atoms with Crippen LogP contribution in [0.1, 0.15) is 46.8 Å². The quantitative estimate of drug-likeness (QED) is 0.221. The molecule has 5 rings (SSSR count). The second-order valence-electron chi connectivity index (χ2n) is 10.4. The highest BCUT2D eigenvalue weighted by molar-refractivity contribution is 5.89. The molecular formula is C31H33F3N6O.